The highest BCUT2D eigenvalue weighted by molar-refractivity contribution is 7.17. The van der Waals surface area contributed by atoms with Crippen LogP contribution in [-0.4, -0.2) is 31.0 Å². The SMILES string of the molecule is COC(=O)c1c(N2C(=O)[C@H]3[C@H](ON(c4ccc(Cl)cc4)[C@H]3c3ccc(Cl)cc3Cl)C2=O)sc(C)c1C. The minimum Gasteiger partial charge on any atom is -0.465 e. The monoisotopic (exact) mass is 564 g/mol. The van der Waals surface area contributed by atoms with E-state index in [2.05, 4.69) is 0 Å². The molecule has 0 N–H and O–H groups in total. The maximum absolute atomic E-state index is 13.9. The lowest BCUT2D eigenvalue weighted by Gasteiger charge is -2.29. The fraction of sp³-hybridized carbons (Fsp3) is 0.240. The average Bonchev–Trinajstić information content (AvgIpc) is 3.44. The number of esters is 1. The third-order valence-corrected chi connectivity index (χ3v) is 8.44. The number of imide groups is 1. The highest BCUT2D eigenvalue weighted by Gasteiger charge is 2.61. The number of methoxy groups -OCH3 is 1. The number of carbonyl (C=O) groups excluding carboxylic acids is 3. The summed E-state index contributed by atoms with van der Waals surface area (Å²) in [6.45, 7) is 3.57. The van der Waals surface area contributed by atoms with E-state index in [9.17, 15) is 14.4 Å². The summed E-state index contributed by atoms with van der Waals surface area (Å²) in [6.07, 6.45) is -1.13. The molecule has 36 heavy (non-hydrogen) atoms. The van der Waals surface area contributed by atoms with E-state index < -0.39 is 35.8 Å². The minimum absolute atomic E-state index is 0.192. The van der Waals surface area contributed by atoms with Crippen LogP contribution in [0.1, 0.15) is 32.4 Å². The Morgan fingerprint density at radius 1 is 1.00 bits per heavy atom. The lowest BCUT2D eigenvalue weighted by molar-refractivity contribution is -0.126. The Labute approximate surface area is 226 Å². The minimum atomic E-state index is -1.13. The van der Waals surface area contributed by atoms with Crippen molar-refractivity contribution in [2.24, 2.45) is 5.92 Å². The summed E-state index contributed by atoms with van der Waals surface area (Å²) in [6, 6.07) is 11.0. The van der Waals surface area contributed by atoms with Gasteiger partial charge in [0.25, 0.3) is 5.91 Å². The standard InChI is InChI=1S/C25H19Cl3N2O5S/c1-11-12(2)36-24(18(11)25(33)34-3)29-22(31)19-20(16-9-6-14(27)10-17(16)28)30(35-21(19)23(29)32)15-7-4-13(26)5-8-15/h4-10,19-21H,1-3H3/t19-,20+,21+/m1/s1. The van der Waals surface area contributed by atoms with Crippen molar-refractivity contribution < 1.29 is 24.0 Å². The van der Waals surface area contributed by atoms with Crippen LogP contribution in [0.25, 0.3) is 0 Å². The van der Waals surface area contributed by atoms with Crippen molar-refractivity contribution in [3.63, 3.8) is 0 Å². The zero-order chi connectivity index (χ0) is 25.9. The molecule has 2 aromatic carbocycles. The number of hydrogen-bond acceptors (Lipinski definition) is 7. The fourth-order valence-corrected chi connectivity index (χ4v) is 6.39. The molecule has 3 heterocycles. The first-order valence-electron chi connectivity index (χ1n) is 10.9. The third-order valence-electron chi connectivity index (χ3n) is 6.44. The number of nitrogens with zero attached hydrogens (tertiary/aromatic N) is 2. The van der Waals surface area contributed by atoms with Crippen molar-refractivity contribution in [2.45, 2.75) is 26.0 Å². The number of benzene rings is 2. The molecule has 7 nitrogen and oxygen atoms in total. The Hall–Kier alpha value is -2.62. The number of carbonyl (C=O) groups is 3. The molecule has 186 valence electrons. The Morgan fingerprint density at radius 3 is 2.31 bits per heavy atom. The first kappa shape index (κ1) is 25.0. The predicted octanol–water partition coefficient (Wildman–Crippen LogP) is 6.16. The number of hydroxylamine groups is 1. The zero-order valence-corrected chi connectivity index (χ0v) is 22.3. The Balaban J connectivity index is 1.63. The molecule has 3 atom stereocenters. The van der Waals surface area contributed by atoms with Crippen molar-refractivity contribution in [1.29, 1.82) is 0 Å². The molecule has 3 aromatic rings. The van der Waals surface area contributed by atoms with Crippen LogP contribution < -0.4 is 9.96 Å². The summed E-state index contributed by atoms with van der Waals surface area (Å²) in [5, 5.41) is 3.02. The van der Waals surface area contributed by atoms with E-state index in [0.29, 0.717) is 31.9 Å². The first-order chi connectivity index (χ1) is 17.1. The molecule has 5 rings (SSSR count). The Morgan fingerprint density at radius 2 is 1.67 bits per heavy atom. The lowest BCUT2D eigenvalue weighted by atomic mass is 9.90. The maximum atomic E-state index is 13.9. The second kappa shape index (κ2) is 9.36. The molecule has 2 saturated heterocycles. The van der Waals surface area contributed by atoms with Gasteiger partial charge in [0.15, 0.2) is 6.10 Å². The second-order valence-electron chi connectivity index (χ2n) is 8.43. The van der Waals surface area contributed by atoms with E-state index in [4.69, 9.17) is 44.4 Å². The number of anilines is 2. The van der Waals surface area contributed by atoms with Crippen LogP contribution >= 0.6 is 46.1 Å². The van der Waals surface area contributed by atoms with Gasteiger partial charge in [-0.1, -0.05) is 40.9 Å². The van der Waals surface area contributed by atoms with Crippen LogP contribution in [0.15, 0.2) is 42.5 Å². The number of halogens is 3. The maximum Gasteiger partial charge on any atom is 0.341 e. The number of rotatable bonds is 4. The average molecular weight is 566 g/mol. The van der Waals surface area contributed by atoms with Gasteiger partial charge < -0.3 is 4.74 Å². The van der Waals surface area contributed by atoms with E-state index in [1.54, 1.807) is 49.4 Å². The fourth-order valence-electron chi connectivity index (χ4n) is 4.59. The molecule has 0 aliphatic carbocycles. The summed E-state index contributed by atoms with van der Waals surface area (Å²) in [5.41, 5.74) is 2.01. The zero-order valence-electron chi connectivity index (χ0n) is 19.3. The smallest absolute Gasteiger partial charge is 0.341 e. The summed E-state index contributed by atoms with van der Waals surface area (Å²) in [7, 11) is 1.26. The summed E-state index contributed by atoms with van der Waals surface area (Å²) in [5.74, 6) is -2.61. The Kier molecular flexibility index (Phi) is 6.51. The number of aryl methyl sites for hydroxylation is 1. The number of fused-ring (bicyclic) bond motifs is 1. The number of hydrogen-bond donors (Lipinski definition) is 0. The molecule has 0 bridgehead atoms. The van der Waals surface area contributed by atoms with Gasteiger partial charge in [0.05, 0.1) is 24.4 Å². The van der Waals surface area contributed by atoms with Gasteiger partial charge in [-0.25, -0.2) is 14.8 Å². The van der Waals surface area contributed by atoms with E-state index in [1.165, 1.54) is 23.5 Å². The predicted molar refractivity (Wildman–Crippen MR) is 139 cm³/mol. The van der Waals surface area contributed by atoms with Gasteiger partial charge in [-0.2, -0.15) is 0 Å². The molecular weight excluding hydrogens is 547 g/mol. The van der Waals surface area contributed by atoms with Crippen molar-refractivity contribution in [2.75, 3.05) is 17.1 Å². The van der Waals surface area contributed by atoms with Gasteiger partial charge in [0.2, 0.25) is 5.91 Å². The molecule has 2 fully saturated rings. The largest absolute Gasteiger partial charge is 0.465 e. The van der Waals surface area contributed by atoms with Crippen LogP contribution in [0.5, 0.6) is 0 Å². The highest BCUT2D eigenvalue weighted by Crippen LogP contribution is 2.51. The third kappa shape index (κ3) is 3.88. The van der Waals surface area contributed by atoms with E-state index in [0.717, 1.165) is 9.78 Å². The van der Waals surface area contributed by atoms with Crippen molar-refractivity contribution in [3.8, 4) is 0 Å². The van der Waals surface area contributed by atoms with E-state index >= 15 is 0 Å². The highest BCUT2D eigenvalue weighted by atomic mass is 35.5. The molecule has 0 saturated carbocycles. The first-order valence-corrected chi connectivity index (χ1v) is 12.8. The molecule has 2 aliphatic rings. The molecule has 2 amide bonds. The normalized spacial score (nSPS) is 21.3. The Bertz CT molecular complexity index is 1410. The van der Waals surface area contributed by atoms with E-state index in [1.807, 2.05) is 6.92 Å². The van der Waals surface area contributed by atoms with E-state index in [-0.39, 0.29) is 10.6 Å². The topological polar surface area (TPSA) is 76.2 Å². The summed E-state index contributed by atoms with van der Waals surface area (Å²) >= 11 is 19.9. The van der Waals surface area contributed by atoms with Crippen LogP contribution in [0.4, 0.5) is 10.7 Å². The molecule has 1 aromatic heterocycles. The molecule has 0 spiro atoms. The van der Waals surface area contributed by atoms with Crippen molar-refractivity contribution in [1.82, 2.24) is 0 Å². The number of amides is 2. The van der Waals surface area contributed by atoms with Gasteiger partial charge in [0, 0.05) is 19.9 Å². The van der Waals surface area contributed by atoms with Gasteiger partial charge in [0.1, 0.15) is 10.9 Å². The second-order valence-corrected chi connectivity index (χ2v) is 10.9. The van der Waals surface area contributed by atoms with Crippen LogP contribution in [0.3, 0.4) is 0 Å². The molecular formula is C25H19Cl3N2O5S. The number of ether oxygens (including phenoxy) is 1. The van der Waals surface area contributed by atoms with Crippen LogP contribution in [0.2, 0.25) is 15.1 Å². The molecule has 0 radical (unpaired) electrons. The summed E-state index contributed by atoms with van der Waals surface area (Å²) in [4.78, 5) is 48.1. The van der Waals surface area contributed by atoms with Crippen molar-refractivity contribution in [3.05, 3.63) is 79.1 Å². The van der Waals surface area contributed by atoms with Gasteiger partial charge in [-0.05, 0) is 61.4 Å². The lowest BCUT2D eigenvalue weighted by Crippen LogP contribution is -2.37. The van der Waals surface area contributed by atoms with Gasteiger partial charge in [-0.3, -0.25) is 14.4 Å². The van der Waals surface area contributed by atoms with Gasteiger partial charge >= 0.3 is 5.97 Å². The van der Waals surface area contributed by atoms with Crippen LogP contribution in [0, 0.1) is 19.8 Å². The summed E-state index contributed by atoms with van der Waals surface area (Å²) < 4.78 is 4.94. The quantitative estimate of drug-likeness (QED) is 0.278. The van der Waals surface area contributed by atoms with Crippen LogP contribution in [-0.2, 0) is 19.2 Å². The molecule has 11 heteroatoms. The molecule has 2 aliphatic heterocycles. The molecule has 0 unspecified atom stereocenters. The number of thiophene rings is 1. The van der Waals surface area contributed by atoms with Gasteiger partial charge in [-0.15, -0.1) is 11.3 Å². The van der Waals surface area contributed by atoms with Crippen molar-refractivity contribution >= 4 is 74.6 Å².